The standard InChI is InChI=1S/C15H16Br2N2O2/c1-19(7-8-2-9(20)3-8)15(21)11-6-18-14-5-13(17)12(16)4-10(11)14/h4-6,8-9,18,20H,2-3,7H2,1H3. The Balaban J connectivity index is 1.82. The minimum Gasteiger partial charge on any atom is -0.393 e. The van der Waals surface area contributed by atoms with Gasteiger partial charge in [-0.15, -0.1) is 0 Å². The average Bonchev–Trinajstić information content (AvgIpc) is 2.79. The second kappa shape index (κ2) is 5.74. The molecule has 4 nitrogen and oxygen atoms in total. The lowest BCUT2D eigenvalue weighted by Crippen LogP contribution is -2.39. The molecule has 1 amide bonds. The Morgan fingerprint density at radius 3 is 2.71 bits per heavy atom. The number of hydrogen-bond donors (Lipinski definition) is 2. The maximum atomic E-state index is 12.6. The van der Waals surface area contributed by atoms with E-state index in [1.54, 1.807) is 11.1 Å². The lowest BCUT2D eigenvalue weighted by Gasteiger charge is -2.34. The summed E-state index contributed by atoms with van der Waals surface area (Å²) in [4.78, 5) is 17.5. The summed E-state index contributed by atoms with van der Waals surface area (Å²) >= 11 is 6.94. The molecule has 0 aliphatic heterocycles. The fourth-order valence-corrected chi connectivity index (χ4v) is 3.51. The van der Waals surface area contributed by atoms with E-state index in [1.165, 1.54) is 0 Å². The third-order valence-corrected chi connectivity index (χ3v) is 5.89. The molecule has 3 rings (SSSR count). The van der Waals surface area contributed by atoms with Gasteiger partial charge in [0.2, 0.25) is 0 Å². The summed E-state index contributed by atoms with van der Waals surface area (Å²) in [6.45, 7) is 0.695. The van der Waals surface area contributed by atoms with Gasteiger partial charge in [0.1, 0.15) is 0 Å². The van der Waals surface area contributed by atoms with Crippen LogP contribution in [-0.2, 0) is 0 Å². The molecule has 1 aliphatic carbocycles. The third kappa shape index (κ3) is 2.89. The Hall–Kier alpha value is -0.850. The number of fused-ring (bicyclic) bond motifs is 1. The Bertz CT molecular complexity index is 692. The van der Waals surface area contributed by atoms with E-state index in [2.05, 4.69) is 36.8 Å². The first kappa shape index (κ1) is 15.1. The number of carbonyl (C=O) groups is 1. The van der Waals surface area contributed by atoms with Crippen LogP contribution in [0.3, 0.4) is 0 Å². The first-order valence-corrected chi connectivity index (χ1v) is 8.44. The van der Waals surface area contributed by atoms with Crippen LogP contribution in [-0.4, -0.2) is 40.6 Å². The van der Waals surface area contributed by atoms with Gasteiger partial charge >= 0.3 is 0 Å². The molecule has 0 unspecified atom stereocenters. The molecule has 1 aromatic carbocycles. The highest BCUT2D eigenvalue weighted by molar-refractivity contribution is 9.13. The molecule has 0 bridgehead atoms. The molecular formula is C15H16Br2N2O2. The number of aliphatic hydroxyl groups excluding tert-OH is 1. The van der Waals surface area contributed by atoms with Crippen LogP contribution in [0.4, 0.5) is 0 Å². The molecule has 112 valence electrons. The topological polar surface area (TPSA) is 56.3 Å². The Morgan fingerprint density at radius 2 is 2.05 bits per heavy atom. The van der Waals surface area contributed by atoms with Gasteiger partial charge in [0, 0.05) is 39.6 Å². The van der Waals surface area contributed by atoms with Gasteiger partial charge in [-0.1, -0.05) is 0 Å². The lowest BCUT2D eigenvalue weighted by molar-refractivity contribution is 0.0266. The summed E-state index contributed by atoms with van der Waals surface area (Å²) in [5.41, 5.74) is 1.61. The Morgan fingerprint density at radius 1 is 1.38 bits per heavy atom. The van der Waals surface area contributed by atoms with Crippen LogP contribution in [0.25, 0.3) is 10.9 Å². The van der Waals surface area contributed by atoms with Crippen molar-refractivity contribution in [3.8, 4) is 0 Å². The minimum atomic E-state index is -0.181. The van der Waals surface area contributed by atoms with Crippen molar-refractivity contribution in [2.24, 2.45) is 5.92 Å². The smallest absolute Gasteiger partial charge is 0.255 e. The van der Waals surface area contributed by atoms with Crippen molar-refractivity contribution < 1.29 is 9.90 Å². The number of nitrogens with zero attached hydrogens (tertiary/aromatic N) is 1. The molecule has 1 aliphatic rings. The first-order chi connectivity index (χ1) is 9.95. The molecule has 0 radical (unpaired) electrons. The maximum Gasteiger partial charge on any atom is 0.255 e. The van der Waals surface area contributed by atoms with E-state index in [0.717, 1.165) is 32.7 Å². The van der Waals surface area contributed by atoms with Gasteiger partial charge in [0.15, 0.2) is 0 Å². The van der Waals surface area contributed by atoms with Gasteiger partial charge < -0.3 is 15.0 Å². The van der Waals surface area contributed by atoms with Gasteiger partial charge in [-0.2, -0.15) is 0 Å². The van der Waals surface area contributed by atoms with Gasteiger partial charge in [0.25, 0.3) is 5.91 Å². The molecule has 1 aromatic heterocycles. The number of rotatable bonds is 3. The van der Waals surface area contributed by atoms with Crippen molar-refractivity contribution in [2.45, 2.75) is 18.9 Å². The summed E-state index contributed by atoms with van der Waals surface area (Å²) in [7, 11) is 1.82. The molecule has 0 spiro atoms. The van der Waals surface area contributed by atoms with Crippen LogP contribution < -0.4 is 0 Å². The van der Waals surface area contributed by atoms with Crippen molar-refractivity contribution in [2.75, 3.05) is 13.6 Å². The zero-order valence-electron chi connectivity index (χ0n) is 11.6. The normalized spacial score (nSPS) is 21.3. The molecule has 2 N–H and O–H groups in total. The number of halogens is 2. The first-order valence-electron chi connectivity index (χ1n) is 6.85. The highest BCUT2D eigenvalue weighted by atomic mass is 79.9. The number of aromatic nitrogens is 1. The molecule has 1 fully saturated rings. The summed E-state index contributed by atoms with van der Waals surface area (Å²) in [6.07, 6.45) is 3.17. The highest BCUT2D eigenvalue weighted by Crippen LogP contribution is 2.31. The Labute approximate surface area is 139 Å². The highest BCUT2D eigenvalue weighted by Gasteiger charge is 2.29. The Kier molecular flexibility index (Phi) is 4.12. The summed E-state index contributed by atoms with van der Waals surface area (Å²) < 4.78 is 1.88. The monoisotopic (exact) mass is 414 g/mol. The minimum absolute atomic E-state index is 0.0110. The molecule has 0 atom stereocenters. The zero-order valence-corrected chi connectivity index (χ0v) is 14.7. The van der Waals surface area contributed by atoms with Crippen molar-refractivity contribution in [1.82, 2.24) is 9.88 Å². The third-order valence-electron chi connectivity index (χ3n) is 4.04. The number of amides is 1. The number of carbonyl (C=O) groups excluding carboxylic acids is 1. The summed E-state index contributed by atoms with van der Waals surface area (Å²) in [5.74, 6) is 0.428. The summed E-state index contributed by atoms with van der Waals surface area (Å²) in [6, 6.07) is 3.91. The van der Waals surface area contributed by atoms with E-state index >= 15 is 0 Å². The SMILES string of the molecule is CN(CC1CC(O)C1)C(=O)c1c[nH]c2cc(Br)c(Br)cc12. The lowest BCUT2D eigenvalue weighted by atomic mass is 9.82. The van der Waals surface area contributed by atoms with Crippen molar-refractivity contribution >= 4 is 48.7 Å². The number of hydrogen-bond acceptors (Lipinski definition) is 2. The largest absolute Gasteiger partial charge is 0.393 e. The van der Waals surface area contributed by atoms with Crippen LogP contribution in [0, 0.1) is 5.92 Å². The second-order valence-corrected chi connectivity index (χ2v) is 7.40. The number of H-pyrrole nitrogens is 1. The van der Waals surface area contributed by atoms with E-state index in [0.29, 0.717) is 18.0 Å². The molecule has 1 heterocycles. The molecular weight excluding hydrogens is 400 g/mol. The van der Waals surface area contributed by atoms with Crippen LogP contribution in [0.1, 0.15) is 23.2 Å². The van der Waals surface area contributed by atoms with Gasteiger partial charge in [-0.3, -0.25) is 4.79 Å². The predicted molar refractivity (Wildman–Crippen MR) is 89.4 cm³/mol. The van der Waals surface area contributed by atoms with E-state index in [9.17, 15) is 9.90 Å². The maximum absolute atomic E-state index is 12.6. The quantitative estimate of drug-likeness (QED) is 0.805. The number of benzene rings is 1. The number of aromatic amines is 1. The number of aliphatic hydroxyl groups is 1. The zero-order chi connectivity index (χ0) is 15.1. The van der Waals surface area contributed by atoms with Crippen molar-refractivity contribution in [3.63, 3.8) is 0 Å². The molecule has 0 saturated heterocycles. The molecule has 2 aromatic rings. The van der Waals surface area contributed by atoms with Crippen LogP contribution in [0.2, 0.25) is 0 Å². The van der Waals surface area contributed by atoms with Crippen LogP contribution >= 0.6 is 31.9 Å². The predicted octanol–water partition coefficient (Wildman–Crippen LogP) is 3.54. The van der Waals surface area contributed by atoms with Crippen molar-refractivity contribution in [1.29, 1.82) is 0 Å². The van der Waals surface area contributed by atoms with Crippen LogP contribution in [0.15, 0.2) is 27.3 Å². The van der Waals surface area contributed by atoms with Crippen molar-refractivity contribution in [3.05, 3.63) is 32.8 Å². The number of nitrogens with one attached hydrogen (secondary N) is 1. The van der Waals surface area contributed by atoms with Gasteiger partial charge in [-0.05, 0) is 62.8 Å². The fraction of sp³-hybridized carbons (Fsp3) is 0.400. The van der Waals surface area contributed by atoms with Gasteiger partial charge in [0.05, 0.1) is 11.7 Å². The van der Waals surface area contributed by atoms with Crippen LogP contribution in [0.5, 0.6) is 0 Å². The van der Waals surface area contributed by atoms with Gasteiger partial charge in [-0.25, -0.2) is 0 Å². The van der Waals surface area contributed by atoms with E-state index in [4.69, 9.17) is 0 Å². The van der Waals surface area contributed by atoms with E-state index < -0.39 is 0 Å². The molecule has 1 saturated carbocycles. The van der Waals surface area contributed by atoms with E-state index in [1.807, 2.05) is 19.2 Å². The van der Waals surface area contributed by atoms with E-state index in [-0.39, 0.29) is 12.0 Å². The average molecular weight is 416 g/mol. The molecule has 21 heavy (non-hydrogen) atoms. The summed E-state index contributed by atoms with van der Waals surface area (Å²) in [5, 5.41) is 10.2. The second-order valence-electron chi connectivity index (χ2n) is 5.69. The molecule has 6 heteroatoms. The fourth-order valence-electron chi connectivity index (χ4n) is 2.82.